The second kappa shape index (κ2) is 8.92. The van der Waals surface area contributed by atoms with Crippen LogP contribution in [0.25, 0.3) is 11.1 Å². The number of benzene rings is 2. The number of carbonyl (C=O) groups is 2. The van der Waals surface area contributed by atoms with Crippen molar-refractivity contribution < 1.29 is 19.4 Å². The molecule has 2 aromatic carbocycles. The van der Waals surface area contributed by atoms with Crippen LogP contribution in [0.2, 0.25) is 0 Å². The molecule has 6 heteroatoms. The van der Waals surface area contributed by atoms with Crippen LogP contribution < -0.4 is 10.9 Å². The van der Waals surface area contributed by atoms with E-state index < -0.39 is 17.6 Å². The molecule has 0 saturated heterocycles. The number of hydrazine groups is 1. The first-order chi connectivity index (χ1) is 14.0. The molecular weight excluding hydrogens is 368 g/mol. The van der Waals surface area contributed by atoms with Crippen molar-refractivity contribution in [3.05, 3.63) is 71.8 Å². The average molecular weight is 394 g/mol. The Kier molecular flexibility index (Phi) is 6.34. The summed E-state index contributed by atoms with van der Waals surface area (Å²) in [5.74, 6) is -1.15. The van der Waals surface area contributed by atoms with E-state index in [4.69, 9.17) is 4.74 Å². The number of hydrogen-bond donors (Lipinski definition) is 3. The van der Waals surface area contributed by atoms with E-state index in [2.05, 4.69) is 23.0 Å². The van der Waals surface area contributed by atoms with Crippen LogP contribution in [0.1, 0.15) is 43.7 Å². The van der Waals surface area contributed by atoms with Crippen molar-refractivity contribution in [1.29, 1.82) is 0 Å². The van der Waals surface area contributed by atoms with E-state index in [9.17, 15) is 14.7 Å². The molecular formula is C23H26N2O4. The Balaban J connectivity index is 1.63. The number of nitrogens with one attached hydrogen (secondary N) is 2. The maximum atomic E-state index is 12.2. The van der Waals surface area contributed by atoms with Gasteiger partial charge in [-0.3, -0.25) is 5.43 Å². The van der Waals surface area contributed by atoms with Gasteiger partial charge in [-0.25, -0.2) is 15.0 Å². The number of carbonyl (C=O) groups excluding carboxylic acids is 1. The molecule has 3 N–H and O–H groups in total. The topological polar surface area (TPSA) is 87.7 Å². The second-order valence-corrected chi connectivity index (χ2v) is 7.27. The third-order valence-electron chi connectivity index (χ3n) is 5.12. The lowest BCUT2D eigenvalue weighted by Gasteiger charge is -2.23. The molecule has 1 atom stereocenters. The summed E-state index contributed by atoms with van der Waals surface area (Å²) in [6, 6.07) is 16.1. The Morgan fingerprint density at radius 1 is 1.10 bits per heavy atom. The van der Waals surface area contributed by atoms with Crippen molar-refractivity contribution in [3.63, 3.8) is 0 Å². The molecule has 3 rings (SSSR count). The number of aliphatic carboxylic acids is 1. The molecule has 0 bridgehead atoms. The fourth-order valence-corrected chi connectivity index (χ4v) is 3.47. The fourth-order valence-electron chi connectivity index (χ4n) is 3.47. The SMILES string of the molecule is CCCC=C[C@](C)(NNC(=O)OCC1c2ccccc2-c2ccccc21)C(=O)O. The first-order valence-corrected chi connectivity index (χ1v) is 9.75. The molecule has 0 heterocycles. The van der Waals surface area contributed by atoms with E-state index in [0.29, 0.717) is 0 Å². The zero-order chi connectivity index (χ0) is 20.9. The summed E-state index contributed by atoms with van der Waals surface area (Å²) >= 11 is 0. The molecule has 0 saturated carbocycles. The summed E-state index contributed by atoms with van der Waals surface area (Å²) in [5, 5.41) is 9.46. The van der Waals surface area contributed by atoms with Gasteiger partial charge < -0.3 is 9.84 Å². The summed E-state index contributed by atoms with van der Waals surface area (Å²) in [6.45, 7) is 3.65. The van der Waals surface area contributed by atoms with Crippen LogP contribution in [-0.2, 0) is 9.53 Å². The van der Waals surface area contributed by atoms with E-state index in [1.165, 1.54) is 13.0 Å². The first-order valence-electron chi connectivity index (χ1n) is 9.75. The molecule has 1 aliphatic rings. The molecule has 1 aliphatic carbocycles. The van der Waals surface area contributed by atoms with E-state index in [-0.39, 0.29) is 12.5 Å². The summed E-state index contributed by atoms with van der Waals surface area (Å²) in [7, 11) is 0. The summed E-state index contributed by atoms with van der Waals surface area (Å²) in [5.41, 5.74) is 8.03. The van der Waals surface area contributed by atoms with Crippen LogP contribution in [0.15, 0.2) is 60.7 Å². The predicted octanol–water partition coefficient (Wildman–Crippen LogP) is 4.23. The number of ether oxygens (including phenoxy) is 1. The molecule has 0 fully saturated rings. The van der Waals surface area contributed by atoms with Crippen molar-refractivity contribution in [3.8, 4) is 11.1 Å². The normalized spacial score (nSPS) is 14.8. The van der Waals surface area contributed by atoms with Crippen LogP contribution >= 0.6 is 0 Å². The number of amides is 1. The number of carboxylic acid groups (broad SMARTS) is 1. The Bertz CT molecular complexity index is 879. The third-order valence-corrected chi connectivity index (χ3v) is 5.12. The highest BCUT2D eigenvalue weighted by molar-refractivity contribution is 5.81. The van der Waals surface area contributed by atoms with E-state index >= 15 is 0 Å². The molecule has 0 aromatic heterocycles. The van der Waals surface area contributed by atoms with Gasteiger partial charge in [-0.2, -0.15) is 0 Å². The number of fused-ring (bicyclic) bond motifs is 3. The van der Waals surface area contributed by atoms with Gasteiger partial charge in [-0.05, 0) is 35.6 Å². The van der Waals surface area contributed by atoms with Gasteiger partial charge >= 0.3 is 12.1 Å². The Morgan fingerprint density at radius 3 is 2.24 bits per heavy atom. The highest BCUT2D eigenvalue weighted by Crippen LogP contribution is 2.44. The third kappa shape index (κ3) is 4.49. The Hall–Kier alpha value is -3.12. The van der Waals surface area contributed by atoms with Crippen molar-refractivity contribution >= 4 is 12.1 Å². The number of hydrogen-bond acceptors (Lipinski definition) is 4. The fraction of sp³-hybridized carbons (Fsp3) is 0.304. The highest BCUT2D eigenvalue weighted by atomic mass is 16.6. The lowest BCUT2D eigenvalue weighted by atomic mass is 9.98. The van der Waals surface area contributed by atoms with E-state index in [1.807, 2.05) is 43.3 Å². The Labute approximate surface area is 170 Å². The van der Waals surface area contributed by atoms with Gasteiger partial charge in [0, 0.05) is 5.92 Å². The molecule has 0 aliphatic heterocycles. The van der Waals surface area contributed by atoms with Gasteiger partial charge in [0.2, 0.25) is 0 Å². The monoisotopic (exact) mass is 394 g/mol. The van der Waals surface area contributed by atoms with Gasteiger partial charge in [-0.15, -0.1) is 0 Å². The molecule has 152 valence electrons. The van der Waals surface area contributed by atoms with Crippen LogP contribution in [0.4, 0.5) is 4.79 Å². The number of rotatable bonds is 8. The van der Waals surface area contributed by atoms with Crippen LogP contribution in [0, 0.1) is 0 Å². The van der Waals surface area contributed by atoms with Gasteiger partial charge in [-0.1, -0.05) is 74.0 Å². The van der Waals surface area contributed by atoms with Crippen molar-refractivity contribution in [2.45, 2.75) is 38.1 Å². The van der Waals surface area contributed by atoms with E-state index in [1.54, 1.807) is 6.08 Å². The smallest absolute Gasteiger partial charge is 0.421 e. The maximum Gasteiger partial charge on any atom is 0.421 e. The Morgan fingerprint density at radius 2 is 1.69 bits per heavy atom. The van der Waals surface area contributed by atoms with Crippen LogP contribution in [0.3, 0.4) is 0 Å². The lowest BCUT2D eigenvalue weighted by molar-refractivity contribution is -0.142. The summed E-state index contributed by atoms with van der Waals surface area (Å²) in [6.07, 6.45) is 4.26. The summed E-state index contributed by atoms with van der Waals surface area (Å²) < 4.78 is 5.41. The predicted molar refractivity (Wildman–Crippen MR) is 111 cm³/mol. The molecule has 0 spiro atoms. The van der Waals surface area contributed by atoms with Crippen LogP contribution in [0.5, 0.6) is 0 Å². The highest BCUT2D eigenvalue weighted by Gasteiger charge is 2.32. The summed E-state index contributed by atoms with van der Waals surface area (Å²) in [4.78, 5) is 23.8. The second-order valence-electron chi connectivity index (χ2n) is 7.27. The van der Waals surface area contributed by atoms with Crippen molar-refractivity contribution in [1.82, 2.24) is 10.9 Å². The zero-order valence-corrected chi connectivity index (χ0v) is 16.6. The molecule has 0 radical (unpaired) electrons. The minimum atomic E-state index is -1.42. The molecule has 1 amide bonds. The van der Waals surface area contributed by atoms with Gasteiger partial charge in [0.1, 0.15) is 12.1 Å². The number of unbranched alkanes of at least 4 members (excludes halogenated alkanes) is 1. The molecule has 6 nitrogen and oxygen atoms in total. The lowest BCUT2D eigenvalue weighted by Crippen LogP contribution is -2.56. The number of allylic oxidation sites excluding steroid dienone is 1. The average Bonchev–Trinajstić information content (AvgIpc) is 3.05. The molecule has 2 aromatic rings. The number of carboxylic acids is 1. The van der Waals surface area contributed by atoms with Crippen molar-refractivity contribution in [2.75, 3.05) is 6.61 Å². The first kappa shape index (κ1) is 20.6. The van der Waals surface area contributed by atoms with E-state index in [0.717, 1.165) is 35.1 Å². The molecule has 0 unspecified atom stereocenters. The standard InChI is InChI=1S/C23H26N2O4/c1-3-4-9-14-23(2,21(26)27)25-24-22(28)29-15-20-18-12-7-5-10-16(18)17-11-6-8-13-19(17)20/h5-14,20,25H,3-4,15H2,1-2H3,(H,24,28)(H,26,27)/t23-/m0/s1. The minimum Gasteiger partial charge on any atom is -0.480 e. The van der Waals surface area contributed by atoms with Gasteiger partial charge in [0.05, 0.1) is 0 Å². The zero-order valence-electron chi connectivity index (χ0n) is 16.6. The van der Waals surface area contributed by atoms with Gasteiger partial charge in [0.25, 0.3) is 0 Å². The maximum absolute atomic E-state index is 12.2. The van der Waals surface area contributed by atoms with Gasteiger partial charge in [0.15, 0.2) is 0 Å². The van der Waals surface area contributed by atoms with Crippen molar-refractivity contribution in [2.24, 2.45) is 0 Å². The quantitative estimate of drug-likeness (QED) is 0.461. The van der Waals surface area contributed by atoms with Crippen LogP contribution in [-0.4, -0.2) is 29.3 Å². The largest absolute Gasteiger partial charge is 0.480 e. The minimum absolute atomic E-state index is 0.0524. The molecule has 29 heavy (non-hydrogen) atoms.